The van der Waals surface area contributed by atoms with Gasteiger partial charge in [-0.25, -0.2) is 14.2 Å². The number of halogens is 2. The van der Waals surface area contributed by atoms with Crippen LogP contribution in [0, 0.1) is 5.41 Å². The second-order valence-electron chi connectivity index (χ2n) is 9.63. The molecule has 1 spiro atoms. The fraction of sp³-hybridized carbons (Fsp3) is 0.417. The van der Waals surface area contributed by atoms with Crippen molar-refractivity contribution in [3.05, 3.63) is 59.0 Å². The van der Waals surface area contributed by atoms with Gasteiger partial charge < -0.3 is 14.5 Å². The quantitative estimate of drug-likeness (QED) is 0.546. The summed E-state index contributed by atoms with van der Waals surface area (Å²) in [6.45, 7) is 4.92. The molecule has 5 heterocycles. The highest BCUT2D eigenvalue weighted by Crippen LogP contribution is 2.44. The third-order valence-electron chi connectivity index (χ3n) is 6.83. The van der Waals surface area contributed by atoms with E-state index in [1.54, 1.807) is 0 Å². The van der Waals surface area contributed by atoms with Crippen LogP contribution < -0.4 is 9.80 Å². The van der Waals surface area contributed by atoms with Crippen LogP contribution in [0.15, 0.2) is 42.6 Å². The molecule has 0 bridgehead atoms. The zero-order valence-electron chi connectivity index (χ0n) is 19.3. The second kappa shape index (κ2) is 8.37. The van der Waals surface area contributed by atoms with Crippen LogP contribution in [-0.2, 0) is 17.8 Å². The predicted octanol–water partition coefficient (Wildman–Crippen LogP) is 3.45. The van der Waals surface area contributed by atoms with Crippen LogP contribution in [0.25, 0.3) is 5.69 Å². The van der Waals surface area contributed by atoms with E-state index in [-0.39, 0.29) is 18.5 Å². The number of pyridine rings is 1. The predicted molar refractivity (Wildman–Crippen MR) is 129 cm³/mol. The zero-order valence-corrected chi connectivity index (χ0v) is 20.0. The average molecular weight is 498 g/mol. The first-order valence-corrected chi connectivity index (χ1v) is 12.0. The summed E-state index contributed by atoms with van der Waals surface area (Å²) < 4.78 is 20.2. The summed E-state index contributed by atoms with van der Waals surface area (Å²) in [7, 11) is 0. The van der Waals surface area contributed by atoms with Gasteiger partial charge in [0, 0.05) is 42.8 Å². The van der Waals surface area contributed by atoms with E-state index in [1.165, 1.54) is 11.8 Å². The van der Waals surface area contributed by atoms with Crippen molar-refractivity contribution in [2.75, 3.05) is 42.7 Å². The normalized spacial score (nSPS) is 18.8. The number of rotatable bonds is 4. The maximum atomic E-state index is 12.9. The first-order valence-electron chi connectivity index (χ1n) is 11.6. The number of anilines is 2. The average Bonchev–Trinajstić information content (AvgIpc) is 3.12. The van der Waals surface area contributed by atoms with Crippen LogP contribution in [-0.4, -0.2) is 69.7 Å². The van der Waals surface area contributed by atoms with Crippen molar-refractivity contribution in [3.8, 4) is 5.69 Å². The molecule has 2 fully saturated rings. The molecule has 2 saturated heterocycles. The Labute approximate surface area is 207 Å². The van der Waals surface area contributed by atoms with Gasteiger partial charge in [0.25, 0.3) is 0 Å². The number of nitrogens with zero attached hydrogens (tertiary/aromatic N) is 7. The summed E-state index contributed by atoms with van der Waals surface area (Å²) in [6.07, 6.45) is 0.411. The van der Waals surface area contributed by atoms with E-state index >= 15 is 0 Å². The number of hydrogen-bond acceptors (Lipinski definition) is 7. The molecular weight excluding hydrogens is 473 g/mol. The molecule has 9 nitrogen and oxygen atoms in total. The van der Waals surface area contributed by atoms with Gasteiger partial charge in [0.1, 0.15) is 18.6 Å². The molecule has 0 aliphatic carbocycles. The molecular formula is C24H25ClFN7O2. The Morgan fingerprint density at radius 3 is 2.69 bits per heavy atom. The molecule has 3 aliphatic heterocycles. The van der Waals surface area contributed by atoms with Gasteiger partial charge in [-0.1, -0.05) is 17.7 Å². The lowest BCUT2D eigenvalue weighted by Gasteiger charge is -2.60. The van der Waals surface area contributed by atoms with E-state index < -0.39 is 18.9 Å². The van der Waals surface area contributed by atoms with Gasteiger partial charge in [0.15, 0.2) is 5.82 Å². The molecule has 35 heavy (non-hydrogen) atoms. The number of fused-ring (bicyclic) bond motifs is 3. The molecule has 11 heteroatoms. The van der Waals surface area contributed by atoms with Crippen LogP contribution in [0.5, 0.6) is 0 Å². The molecule has 1 atom stereocenters. The van der Waals surface area contributed by atoms with Crippen LogP contribution in [0.4, 0.5) is 21.0 Å². The molecule has 0 unspecified atom stereocenters. The van der Waals surface area contributed by atoms with Gasteiger partial charge in [-0.2, -0.15) is 0 Å². The van der Waals surface area contributed by atoms with Crippen molar-refractivity contribution in [1.29, 1.82) is 0 Å². The largest absolute Gasteiger partial charge is 0.444 e. The summed E-state index contributed by atoms with van der Waals surface area (Å²) in [4.78, 5) is 23.2. The van der Waals surface area contributed by atoms with Crippen molar-refractivity contribution in [3.63, 3.8) is 0 Å². The molecule has 0 radical (unpaired) electrons. The topological polar surface area (TPSA) is 79.6 Å². The van der Waals surface area contributed by atoms with Gasteiger partial charge in [0.2, 0.25) is 5.95 Å². The first kappa shape index (κ1) is 22.1. The lowest BCUT2D eigenvalue weighted by atomic mass is 9.73. The van der Waals surface area contributed by atoms with Crippen molar-refractivity contribution in [1.82, 2.24) is 24.6 Å². The fourth-order valence-corrected chi connectivity index (χ4v) is 5.37. The summed E-state index contributed by atoms with van der Waals surface area (Å²) >= 11 is 6.29. The van der Waals surface area contributed by atoms with E-state index in [2.05, 4.69) is 25.0 Å². The van der Waals surface area contributed by atoms with Gasteiger partial charge in [-0.15, -0.1) is 10.2 Å². The molecule has 1 amide bonds. The molecule has 182 valence electrons. The highest BCUT2D eigenvalue weighted by atomic mass is 35.5. The second-order valence-corrected chi connectivity index (χ2v) is 10.1. The van der Waals surface area contributed by atoms with E-state index in [0.29, 0.717) is 10.8 Å². The first-order chi connectivity index (χ1) is 16.9. The van der Waals surface area contributed by atoms with Gasteiger partial charge in [-0.3, -0.25) is 9.47 Å². The fourth-order valence-electron chi connectivity index (χ4n) is 5.17. The highest BCUT2D eigenvalue weighted by Gasteiger charge is 2.53. The summed E-state index contributed by atoms with van der Waals surface area (Å²) in [5, 5.41) is 9.49. The van der Waals surface area contributed by atoms with Gasteiger partial charge in [-0.05, 0) is 42.8 Å². The van der Waals surface area contributed by atoms with E-state index in [9.17, 15) is 9.18 Å². The molecule has 0 saturated carbocycles. The highest BCUT2D eigenvalue weighted by molar-refractivity contribution is 6.30. The molecule has 2 aromatic heterocycles. The Hall–Kier alpha value is -3.40. The van der Waals surface area contributed by atoms with Crippen molar-refractivity contribution in [2.24, 2.45) is 5.41 Å². The Kier molecular flexibility index (Phi) is 5.28. The summed E-state index contributed by atoms with van der Waals surface area (Å²) in [6, 6.07) is 11.6. The number of alkyl halides is 1. The maximum Gasteiger partial charge on any atom is 0.410 e. The minimum atomic E-state index is -0.816. The number of hydrogen-bond donors (Lipinski definition) is 0. The van der Waals surface area contributed by atoms with E-state index in [1.807, 2.05) is 47.2 Å². The molecule has 3 aromatic rings. The summed E-state index contributed by atoms with van der Waals surface area (Å²) in [5.41, 5.74) is 1.95. The number of aromatic nitrogens is 4. The van der Waals surface area contributed by atoms with Crippen molar-refractivity contribution >= 4 is 29.5 Å². The minimum Gasteiger partial charge on any atom is -0.444 e. The van der Waals surface area contributed by atoms with Gasteiger partial charge in [0.05, 0.1) is 18.8 Å². The number of amides is 1. The number of ether oxygens (including phenoxy) is 1. The molecule has 6 rings (SSSR count). The standard InChI is InChI=1S/C24H25ClFN7O2/c1-16(9-26)35-23(34)30-10-17-8-18(25)5-6-19(17)33-21(11-30)28-29-22(33)32-14-24(15-32)12-31(13-24)20-4-2-3-7-27-20/h2-8,16H,9-15H2,1H3/t16-/m0/s1. The SMILES string of the molecule is C[C@@H](CF)OC(=O)N1Cc2cc(Cl)ccc2-n2c(nnc2N2CC3(CN(c4ccccn4)C3)C2)C1. The zero-order chi connectivity index (χ0) is 24.2. The third-order valence-corrected chi connectivity index (χ3v) is 7.06. The number of carbonyl (C=O) groups excluding carboxylic acids is 1. The van der Waals surface area contributed by atoms with E-state index in [0.717, 1.165) is 49.2 Å². The minimum absolute atomic E-state index is 0.198. The van der Waals surface area contributed by atoms with Crippen molar-refractivity contribution < 1.29 is 13.9 Å². The Balaban J connectivity index is 1.24. The smallest absolute Gasteiger partial charge is 0.410 e. The molecule has 0 N–H and O–H groups in total. The summed E-state index contributed by atoms with van der Waals surface area (Å²) in [5.74, 6) is 2.38. The third kappa shape index (κ3) is 3.85. The van der Waals surface area contributed by atoms with Crippen LogP contribution in [0.2, 0.25) is 5.02 Å². The Morgan fingerprint density at radius 1 is 1.14 bits per heavy atom. The molecule has 3 aliphatic rings. The number of carbonyl (C=O) groups is 1. The van der Waals surface area contributed by atoms with Crippen molar-refractivity contribution in [2.45, 2.75) is 26.1 Å². The number of benzene rings is 1. The van der Waals surface area contributed by atoms with Crippen LogP contribution in [0.3, 0.4) is 0 Å². The lowest BCUT2D eigenvalue weighted by Crippen LogP contribution is -2.73. The Bertz CT molecular complexity index is 1260. The van der Waals surface area contributed by atoms with Crippen LogP contribution >= 0.6 is 11.6 Å². The maximum absolute atomic E-state index is 12.9. The monoisotopic (exact) mass is 497 g/mol. The van der Waals surface area contributed by atoms with Crippen LogP contribution in [0.1, 0.15) is 18.3 Å². The lowest BCUT2D eigenvalue weighted by molar-refractivity contribution is 0.0547. The van der Waals surface area contributed by atoms with E-state index in [4.69, 9.17) is 16.3 Å². The molecule has 1 aromatic carbocycles. The Morgan fingerprint density at radius 2 is 1.94 bits per heavy atom. The van der Waals surface area contributed by atoms with Gasteiger partial charge >= 0.3 is 6.09 Å².